The van der Waals surface area contributed by atoms with E-state index in [1.807, 2.05) is 36.5 Å². The van der Waals surface area contributed by atoms with Gasteiger partial charge in [0.25, 0.3) is 0 Å². The number of halogens is 2. The highest BCUT2D eigenvalue weighted by Gasteiger charge is 2.38. The van der Waals surface area contributed by atoms with Crippen molar-refractivity contribution in [2.24, 2.45) is 5.73 Å². The van der Waals surface area contributed by atoms with Gasteiger partial charge in [-0.3, -0.25) is 4.98 Å². The Kier molecular flexibility index (Phi) is 4.89. The Hall–Kier alpha value is -1.65. The zero-order valence-electron chi connectivity index (χ0n) is 14.4. The van der Waals surface area contributed by atoms with Crippen molar-refractivity contribution >= 4 is 34.1 Å². The summed E-state index contributed by atoms with van der Waals surface area (Å²) in [4.78, 5) is 4.44. The first-order chi connectivity index (χ1) is 12.5. The van der Waals surface area contributed by atoms with Crippen LogP contribution in [-0.4, -0.2) is 11.0 Å². The van der Waals surface area contributed by atoms with E-state index >= 15 is 0 Å². The van der Waals surface area contributed by atoms with Gasteiger partial charge in [-0.25, -0.2) is 0 Å². The van der Waals surface area contributed by atoms with E-state index in [4.69, 9.17) is 28.9 Å². The molecule has 4 rings (SSSR count). The van der Waals surface area contributed by atoms with Crippen LogP contribution in [0.3, 0.4) is 0 Å². The van der Waals surface area contributed by atoms with Gasteiger partial charge in [0.1, 0.15) is 0 Å². The summed E-state index contributed by atoms with van der Waals surface area (Å²) in [6.07, 6.45) is 4.74. The molecule has 3 nitrogen and oxygen atoms in total. The summed E-state index contributed by atoms with van der Waals surface area (Å²) in [7, 11) is 0. The zero-order valence-corrected chi connectivity index (χ0v) is 15.9. The van der Waals surface area contributed by atoms with E-state index in [0.29, 0.717) is 11.1 Å². The molecule has 0 bridgehead atoms. The quantitative estimate of drug-likeness (QED) is 0.661. The van der Waals surface area contributed by atoms with E-state index in [1.54, 1.807) is 0 Å². The smallest absolute Gasteiger partial charge is 0.0720 e. The third-order valence-corrected chi connectivity index (χ3v) is 5.79. The van der Waals surface area contributed by atoms with Crippen LogP contribution in [0.1, 0.15) is 30.4 Å². The first-order valence-electron chi connectivity index (χ1n) is 8.85. The maximum Gasteiger partial charge on any atom is 0.0720 e. The minimum atomic E-state index is -0.341. The van der Waals surface area contributed by atoms with Crippen molar-refractivity contribution in [3.05, 3.63) is 75.9 Å². The summed E-state index contributed by atoms with van der Waals surface area (Å²) >= 11 is 12.1. The molecule has 3 N–H and O–H groups in total. The molecule has 2 aromatic carbocycles. The fourth-order valence-electron chi connectivity index (χ4n) is 3.91. The van der Waals surface area contributed by atoms with Crippen molar-refractivity contribution in [1.82, 2.24) is 10.3 Å². The molecular weight excluding hydrogens is 365 g/mol. The summed E-state index contributed by atoms with van der Waals surface area (Å²) in [5.41, 5.74) is 9.80. The second kappa shape index (κ2) is 7.16. The molecule has 2 atom stereocenters. The van der Waals surface area contributed by atoms with Crippen molar-refractivity contribution in [3.8, 4) is 0 Å². The maximum atomic E-state index is 6.85. The van der Waals surface area contributed by atoms with E-state index in [1.165, 1.54) is 5.56 Å². The maximum absolute atomic E-state index is 6.85. The van der Waals surface area contributed by atoms with E-state index in [2.05, 4.69) is 28.5 Å². The number of nitrogens with zero attached hydrogens (tertiary/aromatic N) is 1. The predicted molar refractivity (Wildman–Crippen MR) is 109 cm³/mol. The monoisotopic (exact) mass is 385 g/mol. The molecule has 1 fully saturated rings. The average Bonchev–Trinajstić information content (AvgIpc) is 3.03. The Bertz CT molecular complexity index is 926. The number of rotatable bonds is 4. The lowest BCUT2D eigenvalue weighted by atomic mass is 9.87. The van der Waals surface area contributed by atoms with E-state index in [9.17, 15) is 0 Å². The molecule has 0 saturated heterocycles. The van der Waals surface area contributed by atoms with Crippen molar-refractivity contribution in [2.45, 2.75) is 37.4 Å². The highest BCUT2D eigenvalue weighted by molar-refractivity contribution is 6.31. The number of pyridine rings is 1. The number of aromatic nitrogens is 1. The molecule has 134 valence electrons. The zero-order chi connectivity index (χ0) is 18.1. The third kappa shape index (κ3) is 3.58. The number of nitrogens with two attached hydrogens (primary N) is 1. The number of hydrogen-bond donors (Lipinski definition) is 2. The molecule has 3 aromatic rings. The fraction of sp³-hybridized carbons (Fsp3) is 0.286. The van der Waals surface area contributed by atoms with Crippen LogP contribution in [-0.2, 0) is 12.1 Å². The molecule has 1 aromatic heterocycles. The molecule has 0 amide bonds. The number of nitrogens with one attached hydrogen (secondary N) is 1. The van der Waals surface area contributed by atoms with Gasteiger partial charge in [-0.2, -0.15) is 0 Å². The van der Waals surface area contributed by atoms with E-state index in [0.717, 1.165) is 47.3 Å². The van der Waals surface area contributed by atoms with Crippen LogP contribution in [0, 0.1) is 0 Å². The van der Waals surface area contributed by atoms with Gasteiger partial charge in [-0.15, -0.1) is 0 Å². The topological polar surface area (TPSA) is 50.9 Å². The van der Waals surface area contributed by atoms with Gasteiger partial charge in [-0.1, -0.05) is 41.4 Å². The first-order valence-corrected chi connectivity index (χ1v) is 9.61. The normalized spacial score (nSPS) is 22.8. The van der Waals surface area contributed by atoms with E-state index < -0.39 is 0 Å². The van der Waals surface area contributed by atoms with Gasteiger partial charge in [-0.05, 0) is 60.7 Å². The van der Waals surface area contributed by atoms with Gasteiger partial charge < -0.3 is 11.1 Å². The molecule has 0 aliphatic heterocycles. The molecule has 0 radical (unpaired) electrons. The molecular formula is C21H21Cl2N3. The van der Waals surface area contributed by atoms with Crippen LogP contribution in [0.4, 0.5) is 0 Å². The molecule has 1 heterocycles. The summed E-state index contributed by atoms with van der Waals surface area (Å²) in [6.45, 7) is 0.824. The lowest BCUT2D eigenvalue weighted by Gasteiger charge is -2.26. The Balaban J connectivity index is 1.51. The predicted octanol–water partition coefficient (Wildman–Crippen LogP) is 5.04. The Morgan fingerprint density at radius 2 is 1.85 bits per heavy atom. The van der Waals surface area contributed by atoms with Crippen LogP contribution in [0.5, 0.6) is 0 Å². The molecule has 0 spiro atoms. The molecule has 2 unspecified atom stereocenters. The number of hydrogen-bond acceptors (Lipinski definition) is 3. The standard InChI is InChI=1S/C21H21Cl2N3/c22-15-3-1-14(2-4-15)13-26-17-7-9-21(24,12-17)19-8-10-25-20-11-16(23)5-6-18(19)20/h1-6,8,10-11,17,26H,7,9,12-13,24H2. The number of benzene rings is 2. The van der Waals surface area contributed by atoms with Gasteiger partial charge in [0, 0.05) is 39.8 Å². The van der Waals surface area contributed by atoms with Crippen molar-refractivity contribution < 1.29 is 0 Å². The molecule has 5 heteroatoms. The second-order valence-corrected chi connectivity index (χ2v) is 8.00. The SMILES string of the molecule is NC1(c2ccnc3cc(Cl)ccc23)CCC(NCc2ccc(Cl)cc2)C1. The summed E-state index contributed by atoms with van der Waals surface area (Å²) in [6, 6.07) is 16.2. The van der Waals surface area contributed by atoms with Gasteiger partial charge in [0.05, 0.1) is 5.52 Å². The minimum Gasteiger partial charge on any atom is -0.321 e. The molecule has 26 heavy (non-hydrogen) atoms. The van der Waals surface area contributed by atoms with Gasteiger partial charge >= 0.3 is 0 Å². The minimum absolute atomic E-state index is 0.341. The summed E-state index contributed by atoms with van der Waals surface area (Å²) < 4.78 is 0. The van der Waals surface area contributed by atoms with Crippen molar-refractivity contribution in [3.63, 3.8) is 0 Å². The third-order valence-electron chi connectivity index (χ3n) is 5.30. The summed E-state index contributed by atoms with van der Waals surface area (Å²) in [5.74, 6) is 0. The largest absolute Gasteiger partial charge is 0.321 e. The van der Waals surface area contributed by atoms with Crippen molar-refractivity contribution in [2.75, 3.05) is 0 Å². The Morgan fingerprint density at radius 3 is 2.65 bits per heavy atom. The van der Waals surface area contributed by atoms with Crippen molar-refractivity contribution in [1.29, 1.82) is 0 Å². The second-order valence-electron chi connectivity index (χ2n) is 7.12. The van der Waals surface area contributed by atoms with Crippen LogP contribution in [0.2, 0.25) is 10.0 Å². The fourth-order valence-corrected chi connectivity index (χ4v) is 4.21. The van der Waals surface area contributed by atoms with E-state index in [-0.39, 0.29) is 5.54 Å². The lowest BCUT2D eigenvalue weighted by Crippen LogP contribution is -2.36. The van der Waals surface area contributed by atoms with Crippen LogP contribution < -0.4 is 11.1 Å². The first kappa shape index (κ1) is 17.7. The summed E-state index contributed by atoms with van der Waals surface area (Å²) in [5, 5.41) is 6.20. The van der Waals surface area contributed by atoms with Crippen LogP contribution >= 0.6 is 23.2 Å². The number of fused-ring (bicyclic) bond motifs is 1. The lowest BCUT2D eigenvalue weighted by molar-refractivity contribution is 0.434. The Labute approximate surface area is 163 Å². The molecule has 1 aliphatic rings. The molecule has 1 aliphatic carbocycles. The van der Waals surface area contributed by atoms with Gasteiger partial charge in [0.15, 0.2) is 0 Å². The highest BCUT2D eigenvalue weighted by atomic mass is 35.5. The Morgan fingerprint density at radius 1 is 1.08 bits per heavy atom. The molecule has 1 saturated carbocycles. The van der Waals surface area contributed by atoms with Crippen LogP contribution in [0.15, 0.2) is 54.7 Å². The average molecular weight is 386 g/mol. The van der Waals surface area contributed by atoms with Crippen LogP contribution in [0.25, 0.3) is 10.9 Å². The van der Waals surface area contributed by atoms with Gasteiger partial charge in [0.2, 0.25) is 0 Å². The highest BCUT2D eigenvalue weighted by Crippen LogP contribution is 2.39.